The molecule has 4 nitrogen and oxygen atoms in total. The second-order valence-corrected chi connectivity index (χ2v) is 14.2. The lowest BCUT2D eigenvalue weighted by Gasteiger charge is -2.24. The zero-order valence-electron chi connectivity index (χ0n) is 30.1. The monoisotopic (exact) mass is 707 g/mol. The van der Waals surface area contributed by atoms with E-state index in [0.29, 0.717) is 5.84 Å². The van der Waals surface area contributed by atoms with Crippen LogP contribution < -0.4 is 5.32 Å². The third kappa shape index (κ3) is 6.38. The molecule has 1 aliphatic heterocycles. The number of nitrogens with zero attached hydrogens (tertiary/aromatic N) is 2. The second kappa shape index (κ2) is 14.1. The lowest BCUT2D eigenvalue weighted by Crippen LogP contribution is -2.33. The van der Waals surface area contributed by atoms with Gasteiger partial charge in [-0.05, 0) is 69.6 Å². The molecule has 1 aromatic heterocycles. The van der Waals surface area contributed by atoms with Crippen molar-refractivity contribution in [3.05, 3.63) is 222 Å². The van der Waals surface area contributed by atoms with E-state index in [1.54, 1.807) is 0 Å². The van der Waals surface area contributed by atoms with Crippen LogP contribution >= 0.6 is 0 Å². The van der Waals surface area contributed by atoms with E-state index in [-0.39, 0.29) is 12.1 Å². The van der Waals surface area contributed by atoms with Gasteiger partial charge < -0.3 is 9.73 Å². The van der Waals surface area contributed by atoms with Crippen LogP contribution in [0.5, 0.6) is 0 Å². The summed E-state index contributed by atoms with van der Waals surface area (Å²) >= 11 is 0. The van der Waals surface area contributed by atoms with E-state index in [1.165, 1.54) is 39.0 Å². The molecular formula is C51H37N3O. The third-order valence-electron chi connectivity index (χ3n) is 10.7. The van der Waals surface area contributed by atoms with Crippen LogP contribution in [0, 0.1) is 0 Å². The molecule has 262 valence electrons. The quantitative estimate of drug-likeness (QED) is 0.179. The Morgan fingerprint density at radius 3 is 1.84 bits per heavy atom. The maximum atomic E-state index is 6.51. The average Bonchev–Trinajstić information content (AvgIpc) is 3.66. The molecule has 2 aliphatic rings. The molecule has 4 heteroatoms. The van der Waals surface area contributed by atoms with E-state index in [1.807, 2.05) is 36.4 Å². The molecule has 1 aliphatic carbocycles. The van der Waals surface area contributed by atoms with Crippen LogP contribution in [0.4, 0.5) is 0 Å². The van der Waals surface area contributed by atoms with Crippen LogP contribution in [0.3, 0.4) is 0 Å². The van der Waals surface area contributed by atoms with Crippen molar-refractivity contribution in [2.75, 3.05) is 0 Å². The first-order valence-corrected chi connectivity index (χ1v) is 18.9. The standard InChI is InChI=1S/C51H37N3O/c1-5-15-34(16-6-1)41-30-42(35-17-7-2-8-18-35)32-43(31-41)39-24-13-23-38(29-39)40-27-28-46-45(33-40)48-44(25-14-26-47(48)55-46)51-53-49(36-19-9-3-10-20-36)52-50(54-51)37-21-11-4-12-22-37/h1-28,30-33,39,51H,29H2,(H,52,53,54). The molecule has 0 radical (unpaired) electrons. The molecule has 8 aromatic rings. The molecule has 7 aromatic carbocycles. The summed E-state index contributed by atoms with van der Waals surface area (Å²) in [5, 5.41) is 5.81. The van der Waals surface area contributed by atoms with E-state index in [4.69, 9.17) is 14.4 Å². The maximum Gasteiger partial charge on any atom is 0.159 e. The molecule has 55 heavy (non-hydrogen) atoms. The van der Waals surface area contributed by atoms with Crippen molar-refractivity contribution in [2.24, 2.45) is 9.98 Å². The van der Waals surface area contributed by atoms with Gasteiger partial charge in [0.05, 0.1) is 0 Å². The number of furan rings is 1. The predicted molar refractivity (Wildman–Crippen MR) is 227 cm³/mol. The lowest BCUT2D eigenvalue weighted by molar-refractivity contribution is 0.662. The van der Waals surface area contributed by atoms with E-state index >= 15 is 0 Å². The Morgan fingerprint density at radius 1 is 0.527 bits per heavy atom. The Labute approximate surface area is 320 Å². The molecule has 0 saturated carbocycles. The fourth-order valence-electron chi connectivity index (χ4n) is 7.93. The molecule has 2 unspecified atom stereocenters. The van der Waals surface area contributed by atoms with E-state index in [9.17, 15) is 0 Å². The lowest BCUT2D eigenvalue weighted by atomic mass is 9.83. The van der Waals surface area contributed by atoms with Crippen molar-refractivity contribution < 1.29 is 4.42 Å². The van der Waals surface area contributed by atoms with Crippen molar-refractivity contribution in [2.45, 2.75) is 18.5 Å². The number of amidine groups is 2. The highest BCUT2D eigenvalue weighted by atomic mass is 16.3. The smallest absolute Gasteiger partial charge is 0.159 e. The fourth-order valence-corrected chi connectivity index (χ4v) is 7.93. The summed E-state index contributed by atoms with van der Waals surface area (Å²) in [6.07, 6.45) is 7.35. The highest BCUT2D eigenvalue weighted by molar-refractivity contribution is 6.14. The van der Waals surface area contributed by atoms with E-state index in [2.05, 4.69) is 163 Å². The molecule has 0 amide bonds. The van der Waals surface area contributed by atoms with Crippen LogP contribution in [-0.2, 0) is 0 Å². The van der Waals surface area contributed by atoms with Crippen molar-refractivity contribution in [1.82, 2.24) is 5.32 Å². The predicted octanol–water partition coefficient (Wildman–Crippen LogP) is 12.5. The number of benzene rings is 7. The van der Waals surface area contributed by atoms with Gasteiger partial charge in [-0.3, -0.25) is 0 Å². The van der Waals surface area contributed by atoms with Gasteiger partial charge >= 0.3 is 0 Å². The SMILES string of the molecule is C1=CC(c2cc(-c3ccccc3)cc(-c3ccccc3)c2)CC(c2ccc3oc4cccc(C5N=C(c6ccccc6)N=C(c6ccccc6)N5)c4c3c2)=C1. The summed E-state index contributed by atoms with van der Waals surface area (Å²) in [5.74, 6) is 1.72. The highest BCUT2D eigenvalue weighted by Gasteiger charge is 2.25. The molecule has 2 heterocycles. The molecule has 0 spiro atoms. The Morgan fingerprint density at radius 2 is 1.16 bits per heavy atom. The summed E-state index contributed by atoms with van der Waals surface area (Å²) < 4.78 is 6.51. The van der Waals surface area contributed by atoms with Crippen LogP contribution in [0.2, 0.25) is 0 Å². The zero-order valence-corrected chi connectivity index (χ0v) is 30.1. The van der Waals surface area contributed by atoms with Crippen LogP contribution in [-0.4, -0.2) is 11.7 Å². The average molecular weight is 708 g/mol. The summed E-state index contributed by atoms with van der Waals surface area (Å²) in [7, 11) is 0. The molecule has 10 rings (SSSR count). The Balaban J connectivity index is 1.03. The van der Waals surface area contributed by atoms with Gasteiger partial charge in [-0.15, -0.1) is 0 Å². The number of allylic oxidation sites excluding steroid dienone is 4. The molecule has 2 atom stereocenters. The summed E-state index contributed by atoms with van der Waals surface area (Å²) in [4.78, 5) is 10.2. The third-order valence-corrected chi connectivity index (χ3v) is 10.7. The fraction of sp³-hybridized carbons (Fsp3) is 0.0588. The minimum atomic E-state index is -0.368. The maximum absolute atomic E-state index is 6.51. The Bertz CT molecular complexity index is 2740. The van der Waals surface area contributed by atoms with Gasteiger partial charge in [0.15, 0.2) is 5.84 Å². The van der Waals surface area contributed by atoms with Crippen molar-refractivity contribution in [3.63, 3.8) is 0 Å². The first-order valence-electron chi connectivity index (χ1n) is 18.9. The molecule has 0 bridgehead atoms. The van der Waals surface area contributed by atoms with Gasteiger partial charge in [-0.2, -0.15) is 0 Å². The van der Waals surface area contributed by atoms with Crippen molar-refractivity contribution >= 4 is 39.2 Å². The van der Waals surface area contributed by atoms with Gasteiger partial charge in [0.2, 0.25) is 0 Å². The van der Waals surface area contributed by atoms with Crippen molar-refractivity contribution in [3.8, 4) is 22.3 Å². The van der Waals surface area contributed by atoms with E-state index in [0.717, 1.165) is 50.9 Å². The summed E-state index contributed by atoms with van der Waals surface area (Å²) in [5.41, 5.74) is 13.4. The molecular weight excluding hydrogens is 671 g/mol. The number of nitrogens with one attached hydrogen (secondary N) is 1. The summed E-state index contributed by atoms with van der Waals surface area (Å²) in [6.45, 7) is 0. The normalized spacial score (nSPS) is 16.7. The topological polar surface area (TPSA) is 49.9 Å². The van der Waals surface area contributed by atoms with Gasteiger partial charge in [-0.1, -0.05) is 170 Å². The van der Waals surface area contributed by atoms with Gasteiger partial charge in [-0.25, -0.2) is 9.98 Å². The first kappa shape index (κ1) is 32.6. The number of fused-ring (bicyclic) bond motifs is 3. The second-order valence-electron chi connectivity index (χ2n) is 14.2. The zero-order chi connectivity index (χ0) is 36.6. The van der Waals surface area contributed by atoms with Crippen LogP contribution in [0.15, 0.2) is 209 Å². The Kier molecular flexibility index (Phi) is 8.34. The Hall–Kier alpha value is -7.04. The molecule has 0 fully saturated rings. The minimum Gasteiger partial charge on any atom is -0.456 e. The molecule has 1 N–H and O–H groups in total. The first-order chi connectivity index (χ1) is 27.2. The van der Waals surface area contributed by atoms with Gasteiger partial charge in [0, 0.05) is 33.4 Å². The van der Waals surface area contributed by atoms with Crippen LogP contribution in [0.25, 0.3) is 49.8 Å². The number of aliphatic imine (C=N–C) groups is 2. The van der Waals surface area contributed by atoms with Crippen LogP contribution in [0.1, 0.15) is 46.3 Å². The van der Waals surface area contributed by atoms with Crippen molar-refractivity contribution in [1.29, 1.82) is 0 Å². The van der Waals surface area contributed by atoms with Gasteiger partial charge in [0.25, 0.3) is 0 Å². The highest BCUT2D eigenvalue weighted by Crippen LogP contribution is 2.41. The number of hydrogen-bond donors (Lipinski definition) is 1. The number of hydrogen-bond acceptors (Lipinski definition) is 4. The minimum absolute atomic E-state index is 0.228. The summed E-state index contributed by atoms with van der Waals surface area (Å²) in [6, 6.07) is 61.8. The van der Waals surface area contributed by atoms with E-state index < -0.39 is 0 Å². The molecule has 0 saturated heterocycles. The largest absolute Gasteiger partial charge is 0.456 e. The van der Waals surface area contributed by atoms with Gasteiger partial charge in [0.1, 0.15) is 23.2 Å². The number of rotatable bonds is 7.